The highest BCUT2D eigenvalue weighted by Gasteiger charge is 2.32. The van der Waals surface area contributed by atoms with Gasteiger partial charge in [-0.25, -0.2) is 0 Å². The summed E-state index contributed by atoms with van der Waals surface area (Å²) in [6, 6.07) is 0. The van der Waals surface area contributed by atoms with Crippen molar-refractivity contribution in [2.45, 2.75) is 32.2 Å². The summed E-state index contributed by atoms with van der Waals surface area (Å²) in [7, 11) is 0. The van der Waals surface area contributed by atoms with Gasteiger partial charge in [0.15, 0.2) is 0 Å². The predicted molar refractivity (Wildman–Crippen MR) is 55.6 cm³/mol. The fraction of sp³-hybridized carbons (Fsp3) is 0.700. The summed E-state index contributed by atoms with van der Waals surface area (Å²) in [4.78, 5) is 33.2. The highest BCUT2D eigenvalue weighted by atomic mass is 16.4. The zero-order valence-corrected chi connectivity index (χ0v) is 9.37. The molecule has 1 fully saturated rings. The van der Waals surface area contributed by atoms with Gasteiger partial charge < -0.3 is 15.7 Å². The van der Waals surface area contributed by atoms with Crippen molar-refractivity contribution in [3.8, 4) is 0 Å². The Morgan fingerprint density at radius 1 is 1.56 bits per heavy atom. The van der Waals surface area contributed by atoms with Crippen LogP contribution in [-0.2, 0) is 14.4 Å². The molecule has 6 heteroatoms. The van der Waals surface area contributed by atoms with E-state index in [9.17, 15) is 14.4 Å². The van der Waals surface area contributed by atoms with Gasteiger partial charge in [0.1, 0.15) is 0 Å². The van der Waals surface area contributed by atoms with Crippen LogP contribution < -0.4 is 10.6 Å². The Hall–Kier alpha value is -1.59. The summed E-state index contributed by atoms with van der Waals surface area (Å²) < 4.78 is 0. The Balaban J connectivity index is 2.50. The second-order valence-electron chi connectivity index (χ2n) is 4.65. The number of hydrogen-bond donors (Lipinski definition) is 3. The van der Waals surface area contributed by atoms with Crippen LogP contribution in [0.15, 0.2) is 0 Å². The lowest BCUT2D eigenvalue weighted by atomic mass is 9.98. The van der Waals surface area contributed by atoms with Crippen LogP contribution >= 0.6 is 0 Å². The highest BCUT2D eigenvalue weighted by molar-refractivity contribution is 5.89. The third-order valence-electron chi connectivity index (χ3n) is 2.40. The second kappa shape index (κ2) is 4.51. The second-order valence-corrected chi connectivity index (χ2v) is 4.65. The molecular weight excluding hydrogens is 212 g/mol. The number of carbonyl (C=O) groups excluding carboxylic acids is 2. The summed E-state index contributed by atoms with van der Waals surface area (Å²) in [5.74, 6) is -1.77. The highest BCUT2D eigenvalue weighted by Crippen LogP contribution is 2.13. The minimum atomic E-state index is -0.967. The Kier molecular flexibility index (Phi) is 3.51. The lowest BCUT2D eigenvalue weighted by molar-refractivity contribution is -0.139. The van der Waals surface area contributed by atoms with E-state index in [0.29, 0.717) is 6.54 Å². The Morgan fingerprint density at radius 3 is 2.62 bits per heavy atom. The van der Waals surface area contributed by atoms with E-state index >= 15 is 0 Å². The van der Waals surface area contributed by atoms with E-state index in [4.69, 9.17) is 5.11 Å². The Bertz CT molecular complexity index is 325. The van der Waals surface area contributed by atoms with Crippen LogP contribution in [-0.4, -0.2) is 35.0 Å². The minimum absolute atomic E-state index is 0.142. The summed E-state index contributed by atoms with van der Waals surface area (Å²) in [6.07, 6.45) is 0.0296. The molecule has 1 rings (SSSR count). The lowest BCUT2D eigenvalue weighted by Gasteiger charge is -2.25. The number of carbonyl (C=O) groups is 3. The van der Waals surface area contributed by atoms with Crippen LogP contribution in [0, 0.1) is 5.92 Å². The largest absolute Gasteiger partial charge is 0.481 e. The van der Waals surface area contributed by atoms with E-state index in [1.165, 1.54) is 0 Å². The minimum Gasteiger partial charge on any atom is -0.481 e. The summed E-state index contributed by atoms with van der Waals surface area (Å²) >= 11 is 0. The number of hydrogen-bond acceptors (Lipinski definition) is 3. The Labute approximate surface area is 93.4 Å². The molecule has 2 amide bonds. The average Bonchev–Trinajstić information content (AvgIpc) is 2.47. The molecule has 6 nitrogen and oxygen atoms in total. The van der Waals surface area contributed by atoms with E-state index < -0.39 is 11.5 Å². The molecule has 1 heterocycles. The molecule has 1 unspecified atom stereocenters. The van der Waals surface area contributed by atoms with Crippen molar-refractivity contribution in [1.29, 1.82) is 0 Å². The van der Waals surface area contributed by atoms with E-state index in [2.05, 4.69) is 10.6 Å². The van der Waals surface area contributed by atoms with Gasteiger partial charge in [-0.3, -0.25) is 14.4 Å². The van der Waals surface area contributed by atoms with Crippen molar-refractivity contribution in [3.05, 3.63) is 0 Å². The summed E-state index contributed by atoms with van der Waals surface area (Å²) in [6.45, 7) is 3.61. The molecule has 90 valence electrons. The Morgan fingerprint density at radius 2 is 2.19 bits per heavy atom. The maximum Gasteiger partial charge on any atom is 0.305 e. The first-order valence-electron chi connectivity index (χ1n) is 5.11. The molecule has 0 aliphatic carbocycles. The molecule has 0 aromatic carbocycles. The molecule has 0 aromatic heterocycles. The molecule has 0 bridgehead atoms. The van der Waals surface area contributed by atoms with Gasteiger partial charge in [0.25, 0.3) is 0 Å². The van der Waals surface area contributed by atoms with E-state index in [-0.39, 0.29) is 30.6 Å². The van der Waals surface area contributed by atoms with Crippen molar-refractivity contribution < 1.29 is 19.5 Å². The predicted octanol–water partition coefficient (Wildman–Crippen LogP) is -0.508. The molecule has 0 aromatic rings. The quantitative estimate of drug-likeness (QED) is 0.604. The van der Waals surface area contributed by atoms with Crippen molar-refractivity contribution in [2.24, 2.45) is 5.92 Å². The van der Waals surface area contributed by atoms with Crippen LogP contribution in [0.2, 0.25) is 0 Å². The molecular formula is C10H16N2O4. The van der Waals surface area contributed by atoms with Crippen molar-refractivity contribution in [1.82, 2.24) is 10.6 Å². The zero-order valence-electron chi connectivity index (χ0n) is 9.37. The number of amides is 2. The fourth-order valence-corrected chi connectivity index (χ4v) is 1.65. The van der Waals surface area contributed by atoms with Gasteiger partial charge >= 0.3 is 5.97 Å². The first kappa shape index (κ1) is 12.5. The zero-order chi connectivity index (χ0) is 12.3. The number of carboxylic acid groups (broad SMARTS) is 1. The van der Waals surface area contributed by atoms with Gasteiger partial charge in [0.05, 0.1) is 12.3 Å². The third-order valence-corrected chi connectivity index (χ3v) is 2.40. The van der Waals surface area contributed by atoms with Gasteiger partial charge in [-0.1, -0.05) is 0 Å². The molecule has 3 N–H and O–H groups in total. The van der Waals surface area contributed by atoms with Gasteiger partial charge in [-0.2, -0.15) is 0 Å². The van der Waals surface area contributed by atoms with Crippen LogP contribution in [0.3, 0.4) is 0 Å². The first-order valence-corrected chi connectivity index (χ1v) is 5.11. The van der Waals surface area contributed by atoms with E-state index in [1.54, 1.807) is 13.8 Å². The molecule has 1 aliphatic rings. The number of rotatable bonds is 4. The van der Waals surface area contributed by atoms with E-state index in [0.717, 1.165) is 0 Å². The smallest absolute Gasteiger partial charge is 0.305 e. The molecule has 1 saturated heterocycles. The molecule has 1 atom stereocenters. The maximum absolute atomic E-state index is 11.7. The van der Waals surface area contributed by atoms with Crippen molar-refractivity contribution in [3.63, 3.8) is 0 Å². The van der Waals surface area contributed by atoms with Crippen molar-refractivity contribution in [2.75, 3.05) is 6.54 Å². The summed E-state index contributed by atoms with van der Waals surface area (Å²) in [5, 5.41) is 13.9. The van der Waals surface area contributed by atoms with Gasteiger partial charge in [-0.15, -0.1) is 0 Å². The van der Waals surface area contributed by atoms with E-state index in [1.807, 2.05) is 0 Å². The maximum atomic E-state index is 11.7. The van der Waals surface area contributed by atoms with Crippen LogP contribution in [0.4, 0.5) is 0 Å². The topological polar surface area (TPSA) is 95.5 Å². The van der Waals surface area contributed by atoms with Gasteiger partial charge in [0, 0.05) is 18.5 Å². The number of carboxylic acids is 1. The molecule has 16 heavy (non-hydrogen) atoms. The van der Waals surface area contributed by atoms with Crippen LogP contribution in [0.25, 0.3) is 0 Å². The first-order chi connectivity index (χ1) is 7.30. The van der Waals surface area contributed by atoms with Gasteiger partial charge in [0.2, 0.25) is 11.8 Å². The lowest BCUT2D eigenvalue weighted by Crippen LogP contribution is -2.47. The van der Waals surface area contributed by atoms with Crippen LogP contribution in [0.5, 0.6) is 0 Å². The van der Waals surface area contributed by atoms with Crippen molar-refractivity contribution >= 4 is 17.8 Å². The molecule has 0 saturated carbocycles. The fourth-order valence-electron chi connectivity index (χ4n) is 1.65. The molecule has 0 radical (unpaired) electrons. The SMILES string of the molecule is CC(C)(CC(=O)O)NC(=O)C1CNC(=O)C1. The molecule has 0 spiro atoms. The monoisotopic (exact) mass is 228 g/mol. The third kappa shape index (κ3) is 3.52. The molecule has 1 aliphatic heterocycles. The van der Waals surface area contributed by atoms with Crippen LogP contribution in [0.1, 0.15) is 26.7 Å². The summed E-state index contributed by atoms with van der Waals surface area (Å²) in [5.41, 5.74) is -0.797. The van der Waals surface area contributed by atoms with Gasteiger partial charge in [-0.05, 0) is 13.8 Å². The average molecular weight is 228 g/mol. The number of nitrogens with one attached hydrogen (secondary N) is 2. The number of aliphatic carboxylic acids is 1. The normalized spacial score (nSPS) is 20.4. The standard InChI is InChI=1S/C10H16N2O4/c1-10(2,4-8(14)15)12-9(16)6-3-7(13)11-5-6/h6H,3-5H2,1-2H3,(H,11,13)(H,12,16)(H,14,15).